The van der Waals surface area contributed by atoms with Gasteiger partial charge in [0.25, 0.3) is 5.91 Å². The summed E-state index contributed by atoms with van der Waals surface area (Å²) in [7, 11) is -2.04. The Morgan fingerprint density at radius 3 is 2.62 bits per heavy atom. The Kier molecular flexibility index (Phi) is 6.70. The molecular weight excluding hydrogens is 547 g/mol. The van der Waals surface area contributed by atoms with Crippen LogP contribution >= 0.6 is 27.3 Å². The highest BCUT2D eigenvalue weighted by Gasteiger charge is 2.34. The molecule has 0 saturated heterocycles. The maximum absolute atomic E-state index is 15.0. The summed E-state index contributed by atoms with van der Waals surface area (Å²) in [6.45, 7) is 0. The number of nitrogens with one attached hydrogen (secondary N) is 1. The molecule has 0 bridgehead atoms. The van der Waals surface area contributed by atoms with Gasteiger partial charge in [-0.05, 0) is 62.8 Å². The minimum absolute atomic E-state index is 0.0801. The van der Waals surface area contributed by atoms with Crippen LogP contribution in [0.4, 0.5) is 15.8 Å². The zero-order chi connectivity index (χ0) is 24.6. The van der Waals surface area contributed by atoms with E-state index in [0.29, 0.717) is 15.7 Å². The largest absolute Gasteiger partial charge is 0.387 e. The van der Waals surface area contributed by atoms with E-state index in [4.69, 9.17) is 0 Å². The van der Waals surface area contributed by atoms with E-state index in [2.05, 4.69) is 21.2 Å². The van der Waals surface area contributed by atoms with Crippen molar-refractivity contribution in [1.82, 2.24) is 0 Å². The number of hydrogen-bond acceptors (Lipinski definition) is 7. The van der Waals surface area contributed by atoms with Crippen LogP contribution in [0.5, 0.6) is 0 Å². The van der Waals surface area contributed by atoms with Crippen molar-refractivity contribution in [2.75, 3.05) is 23.0 Å². The molecule has 0 saturated carbocycles. The normalized spacial score (nSPS) is 13.7. The second kappa shape index (κ2) is 9.40. The molecule has 1 N–H and O–H groups in total. The van der Waals surface area contributed by atoms with E-state index in [9.17, 15) is 27.2 Å². The Hall–Kier alpha value is -2.89. The third-order valence-corrected chi connectivity index (χ3v) is 9.11. The van der Waals surface area contributed by atoms with Crippen LogP contribution in [0.2, 0.25) is 0 Å². The molecule has 0 radical (unpaired) electrons. The summed E-state index contributed by atoms with van der Waals surface area (Å²) in [4.78, 5) is 38.9. The average Bonchev–Trinajstić information content (AvgIpc) is 3.31. The first-order valence-corrected chi connectivity index (χ1v) is 13.4. The summed E-state index contributed by atoms with van der Waals surface area (Å²) in [6.07, 6.45) is -0.379. The van der Waals surface area contributed by atoms with E-state index < -0.39 is 39.0 Å². The van der Waals surface area contributed by atoms with Gasteiger partial charge < -0.3 is 5.32 Å². The van der Waals surface area contributed by atoms with E-state index in [1.807, 2.05) is 0 Å². The molecule has 7 nitrogen and oxygen atoms in total. The molecule has 0 unspecified atom stereocenters. The van der Waals surface area contributed by atoms with Gasteiger partial charge in [0.1, 0.15) is 15.8 Å². The van der Waals surface area contributed by atoms with Gasteiger partial charge in [0, 0.05) is 29.2 Å². The molecule has 2 amide bonds. The standard InChI is InChI=1S/C23H18BrFN2O5S2/c1-26-19-9-14-10-21(29)27(23(30)16(14)11-17(19)24)20-5-4-13(8-18(20)25)7-15(28)12-34(31,32)22-3-2-6-33-22/h2-6,8-9,11,26H,7,10,12H2,1H3. The summed E-state index contributed by atoms with van der Waals surface area (Å²) >= 11 is 4.39. The fraction of sp³-hybridized carbons (Fsp3) is 0.174. The SMILES string of the molecule is CNc1cc2c(cc1Br)C(=O)N(c1ccc(CC(=O)CS(=O)(=O)c3cccs3)cc1F)C(=O)C2. The number of thiophene rings is 1. The number of nitrogens with zero attached hydrogens (tertiary/aromatic N) is 1. The van der Waals surface area contributed by atoms with Crippen LogP contribution in [0.3, 0.4) is 0 Å². The monoisotopic (exact) mass is 564 g/mol. The van der Waals surface area contributed by atoms with Crippen molar-refractivity contribution in [3.8, 4) is 0 Å². The molecule has 0 atom stereocenters. The topological polar surface area (TPSA) is 101 Å². The van der Waals surface area contributed by atoms with Gasteiger partial charge in [0.15, 0.2) is 15.6 Å². The van der Waals surface area contributed by atoms with E-state index in [-0.39, 0.29) is 33.9 Å². The van der Waals surface area contributed by atoms with E-state index in [0.717, 1.165) is 22.3 Å². The number of ketones is 1. The van der Waals surface area contributed by atoms with Crippen molar-refractivity contribution in [3.63, 3.8) is 0 Å². The van der Waals surface area contributed by atoms with Crippen LogP contribution < -0.4 is 10.2 Å². The van der Waals surface area contributed by atoms with Gasteiger partial charge in [-0.25, -0.2) is 17.7 Å². The number of fused-ring (bicyclic) bond motifs is 1. The number of imide groups is 1. The van der Waals surface area contributed by atoms with Crippen LogP contribution in [0.1, 0.15) is 21.5 Å². The number of Topliss-reactive ketones (excluding diaryl/α,β-unsaturated/α-hetero) is 1. The zero-order valence-corrected chi connectivity index (χ0v) is 21.0. The van der Waals surface area contributed by atoms with Crippen LogP contribution in [0, 0.1) is 5.82 Å². The summed E-state index contributed by atoms with van der Waals surface area (Å²) in [5.74, 6) is -3.38. The van der Waals surface area contributed by atoms with Gasteiger partial charge in [0.2, 0.25) is 5.91 Å². The molecule has 0 aliphatic carbocycles. The van der Waals surface area contributed by atoms with Gasteiger partial charge in [-0.3, -0.25) is 14.4 Å². The van der Waals surface area contributed by atoms with E-state index >= 15 is 0 Å². The molecular formula is C23H18BrFN2O5S2. The molecule has 11 heteroatoms. The van der Waals surface area contributed by atoms with Gasteiger partial charge in [-0.1, -0.05) is 12.1 Å². The lowest BCUT2D eigenvalue weighted by Crippen LogP contribution is -2.43. The first-order chi connectivity index (χ1) is 16.1. The van der Waals surface area contributed by atoms with Crippen LogP contribution in [-0.2, 0) is 32.3 Å². The molecule has 0 spiro atoms. The molecule has 176 valence electrons. The van der Waals surface area contributed by atoms with Crippen molar-refractivity contribution in [1.29, 1.82) is 0 Å². The van der Waals surface area contributed by atoms with E-state index in [1.54, 1.807) is 30.6 Å². The highest BCUT2D eigenvalue weighted by molar-refractivity contribution is 9.10. The molecule has 1 aliphatic heterocycles. The minimum atomic E-state index is -3.75. The van der Waals surface area contributed by atoms with Crippen LogP contribution in [0.15, 0.2) is 56.5 Å². The predicted octanol–water partition coefficient (Wildman–Crippen LogP) is 4.01. The number of rotatable bonds is 7. The third kappa shape index (κ3) is 4.68. The number of sulfone groups is 1. The number of benzene rings is 2. The summed E-state index contributed by atoms with van der Waals surface area (Å²) in [5, 5.41) is 4.57. The van der Waals surface area contributed by atoms with E-state index in [1.165, 1.54) is 18.2 Å². The van der Waals surface area contributed by atoms with Crippen molar-refractivity contribution in [2.45, 2.75) is 17.1 Å². The average molecular weight is 565 g/mol. The molecule has 34 heavy (non-hydrogen) atoms. The quantitative estimate of drug-likeness (QED) is 0.435. The number of hydrogen-bond donors (Lipinski definition) is 1. The summed E-state index contributed by atoms with van der Waals surface area (Å²) < 4.78 is 40.3. The zero-order valence-electron chi connectivity index (χ0n) is 17.8. The summed E-state index contributed by atoms with van der Waals surface area (Å²) in [6, 6.07) is 9.99. The molecule has 2 heterocycles. The number of amides is 2. The first-order valence-electron chi connectivity index (χ1n) is 10.0. The number of carbonyl (C=O) groups is 3. The lowest BCUT2D eigenvalue weighted by atomic mass is 9.96. The molecule has 3 aromatic rings. The fourth-order valence-corrected chi connectivity index (χ4v) is 6.59. The third-order valence-electron chi connectivity index (χ3n) is 5.29. The van der Waals surface area contributed by atoms with Crippen LogP contribution in [0.25, 0.3) is 0 Å². The number of anilines is 2. The predicted molar refractivity (Wildman–Crippen MR) is 131 cm³/mol. The number of carbonyl (C=O) groups excluding carboxylic acids is 3. The smallest absolute Gasteiger partial charge is 0.265 e. The van der Waals surface area contributed by atoms with Gasteiger partial charge in [-0.15, -0.1) is 11.3 Å². The maximum atomic E-state index is 15.0. The Bertz CT molecular complexity index is 1420. The molecule has 4 rings (SSSR count). The second-order valence-corrected chi connectivity index (χ2v) is 11.7. The molecule has 1 aliphatic rings. The van der Waals surface area contributed by atoms with Crippen molar-refractivity contribution >= 4 is 66.1 Å². The lowest BCUT2D eigenvalue weighted by Gasteiger charge is -2.28. The van der Waals surface area contributed by atoms with Gasteiger partial charge in [-0.2, -0.15) is 0 Å². The van der Waals surface area contributed by atoms with Crippen molar-refractivity contribution in [2.24, 2.45) is 0 Å². The highest BCUT2D eigenvalue weighted by atomic mass is 79.9. The first kappa shape index (κ1) is 24.2. The highest BCUT2D eigenvalue weighted by Crippen LogP contribution is 2.33. The van der Waals surface area contributed by atoms with Gasteiger partial charge in [0.05, 0.1) is 12.1 Å². The molecule has 0 fully saturated rings. The van der Waals surface area contributed by atoms with Crippen LogP contribution in [-0.4, -0.2) is 38.8 Å². The number of halogens is 2. The molecule has 1 aromatic heterocycles. The van der Waals surface area contributed by atoms with Crippen molar-refractivity contribution in [3.05, 3.63) is 74.8 Å². The maximum Gasteiger partial charge on any atom is 0.265 e. The summed E-state index contributed by atoms with van der Waals surface area (Å²) in [5.41, 5.74) is 1.55. The fourth-order valence-electron chi connectivity index (χ4n) is 3.72. The second-order valence-electron chi connectivity index (χ2n) is 7.64. The Morgan fingerprint density at radius 1 is 1.21 bits per heavy atom. The minimum Gasteiger partial charge on any atom is -0.387 e. The Morgan fingerprint density at radius 2 is 1.97 bits per heavy atom. The molecule has 2 aromatic carbocycles. The van der Waals surface area contributed by atoms with Crippen molar-refractivity contribution < 1.29 is 27.2 Å². The van der Waals surface area contributed by atoms with Gasteiger partial charge >= 0.3 is 0 Å². The lowest BCUT2D eigenvalue weighted by molar-refractivity contribution is -0.118. The Labute approximate surface area is 207 Å². The Balaban J connectivity index is 1.55.